The van der Waals surface area contributed by atoms with E-state index in [1.807, 2.05) is 84.9 Å². The molecule has 0 saturated heterocycles. The van der Waals surface area contributed by atoms with Crippen molar-refractivity contribution in [2.24, 2.45) is 0 Å². The van der Waals surface area contributed by atoms with Crippen molar-refractivity contribution in [1.29, 1.82) is 5.41 Å². The van der Waals surface area contributed by atoms with E-state index in [0.717, 1.165) is 82.5 Å². The molecule has 6 aromatic carbocycles. The van der Waals surface area contributed by atoms with Gasteiger partial charge in [0.05, 0.1) is 28.8 Å². The molecule has 0 atom stereocenters. The fourth-order valence-electron chi connectivity index (χ4n) is 6.64. The lowest BCUT2D eigenvalue weighted by atomic mass is 10.0. The Bertz CT molecular complexity index is 2530. The molecule has 0 radical (unpaired) electrons. The number of anilines is 1. The van der Waals surface area contributed by atoms with Gasteiger partial charge < -0.3 is 18.7 Å². The lowest BCUT2D eigenvalue weighted by molar-refractivity contribution is 0.663. The third-order valence-electron chi connectivity index (χ3n) is 8.54. The Balaban J connectivity index is 1.33. The van der Waals surface area contributed by atoms with Crippen molar-refractivity contribution >= 4 is 77.1 Å². The number of benzene rings is 6. The van der Waals surface area contributed by atoms with Gasteiger partial charge in [-0.3, -0.25) is 5.41 Å². The van der Waals surface area contributed by atoms with E-state index >= 15 is 0 Å². The van der Waals surface area contributed by atoms with Gasteiger partial charge in [0.1, 0.15) is 16.7 Å². The zero-order valence-electron chi connectivity index (χ0n) is 23.1. The molecule has 0 aliphatic heterocycles. The molecule has 9 rings (SSSR count). The van der Waals surface area contributed by atoms with Gasteiger partial charge >= 0.3 is 0 Å². The molecule has 0 aliphatic rings. The van der Waals surface area contributed by atoms with Crippen LogP contribution >= 0.6 is 0 Å². The van der Waals surface area contributed by atoms with Crippen molar-refractivity contribution in [1.82, 2.24) is 4.57 Å². The van der Waals surface area contributed by atoms with E-state index in [4.69, 9.17) is 14.2 Å². The molecule has 0 bridgehead atoms. The maximum atomic E-state index is 8.97. The van der Waals surface area contributed by atoms with Crippen LogP contribution in [0, 0.1) is 5.41 Å². The van der Waals surface area contributed by atoms with Crippen LogP contribution < -0.4 is 5.32 Å². The van der Waals surface area contributed by atoms with E-state index in [2.05, 4.69) is 52.3 Å². The van der Waals surface area contributed by atoms with Gasteiger partial charge in [0.2, 0.25) is 0 Å². The number of aromatic nitrogens is 1. The number of hydrogen-bond donors (Lipinski definition) is 2. The first-order valence-corrected chi connectivity index (χ1v) is 14.4. The summed E-state index contributed by atoms with van der Waals surface area (Å²) in [4.78, 5) is 0. The van der Waals surface area contributed by atoms with E-state index < -0.39 is 0 Å². The Morgan fingerprint density at radius 2 is 1.19 bits per heavy atom. The largest absolute Gasteiger partial charge is 0.455 e. The second kappa shape index (κ2) is 9.10. The maximum absolute atomic E-state index is 8.97. The fraction of sp³-hybridized carbons (Fsp3) is 0.0263. The highest BCUT2D eigenvalue weighted by atomic mass is 16.3. The standard InChI is InChI=1S/C38H25N3O2/c39-35(23-12-2-1-3-13-23)24-14-4-8-18-28(24)40-22-41-29-19-9-5-15-25(29)32-33-26-16-6-10-20-30(26)42-37(33)34-27-17-7-11-21-31(27)43-38(34)36(32)41/h1-21,39-40H,22H2. The van der Waals surface area contributed by atoms with E-state index in [9.17, 15) is 0 Å². The third-order valence-corrected chi connectivity index (χ3v) is 8.54. The van der Waals surface area contributed by atoms with Crippen LogP contribution in [0.25, 0.3) is 65.7 Å². The molecule has 0 fully saturated rings. The summed E-state index contributed by atoms with van der Waals surface area (Å²) in [5.41, 5.74) is 8.60. The topological polar surface area (TPSA) is 67.1 Å². The first kappa shape index (κ1) is 23.9. The normalized spacial score (nSPS) is 11.9. The van der Waals surface area contributed by atoms with Crippen molar-refractivity contribution < 1.29 is 8.83 Å². The van der Waals surface area contributed by atoms with Gasteiger partial charge in [-0.15, -0.1) is 0 Å². The number of nitrogens with zero attached hydrogens (tertiary/aromatic N) is 1. The molecule has 43 heavy (non-hydrogen) atoms. The van der Waals surface area contributed by atoms with Crippen LogP contribution in [0.15, 0.2) is 136 Å². The first-order chi connectivity index (χ1) is 21.3. The molecule has 0 saturated carbocycles. The van der Waals surface area contributed by atoms with Crippen LogP contribution in [0.2, 0.25) is 0 Å². The number of para-hydroxylation sites is 4. The SMILES string of the molecule is N=C(c1ccccc1)c1ccccc1NCn1c2ccccc2c2c3c4ccccc4oc3c3c4ccccc4oc3c21. The minimum Gasteiger partial charge on any atom is -0.455 e. The summed E-state index contributed by atoms with van der Waals surface area (Å²) in [6.45, 7) is 0.483. The smallest absolute Gasteiger partial charge is 0.163 e. The maximum Gasteiger partial charge on any atom is 0.163 e. The van der Waals surface area contributed by atoms with Crippen LogP contribution in [-0.2, 0) is 6.67 Å². The Morgan fingerprint density at radius 1 is 0.581 bits per heavy atom. The van der Waals surface area contributed by atoms with Crippen LogP contribution in [0.1, 0.15) is 11.1 Å². The van der Waals surface area contributed by atoms with Crippen molar-refractivity contribution in [3.63, 3.8) is 0 Å². The Labute approximate surface area is 246 Å². The summed E-state index contributed by atoms with van der Waals surface area (Å²) >= 11 is 0. The van der Waals surface area contributed by atoms with Gasteiger partial charge in [0.25, 0.3) is 0 Å². The summed E-state index contributed by atoms with van der Waals surface area (Å²) in [5, 5.41) is 19.1. The second-order valence-corrected chi connectivity index (χ2v) is 10.9. The van der Waals surface area contributed by atoms with Crippen molar-refractivity contribution in [2.75, 3.05) is 5.32 Å². The van der Waals surface area contributed by atoms with Crippen LogP contribution in [0.3, 0.4) is 0 Å². The average molecular weight is 556 g/mol. The highest BCUT2D eigenvalue weighted by Crippen LogP contribution is 2.47. The highest BCUT2D eigenvalue weighted by Gasteiger charge is 2.25. The lowest BCUT2D eigenvalue weighted by Gasteiger charge is -2.15. The molecular formula is C38H25N3O2. The minimum absolute atomic E-state index is 0.483. The van der Waals surface area contributed by atoms with Crippen LogP contribution in [0.5, 0.6) is 0 Å². The number of rotatable bonds is 5. The minimum atomic E-state index is 0.483. The third kappa shape index (κ3) is 3.42. The molecule has 0 spiro atoms. The molecule has 204 valence electrons. The summed E-state index contributed by atoms with van der Waals surface area (Å²) in [6.07, 6.45) is 0. The van der Waals surface area contributed by atoms with Gasteiger partial charge in [0.15, 0.2) is 5.58 Å². The van der Waals surface area contributed by atoms with Crippen LogP contribution in [-0.4, -0.2) is 10.3 Å². The molecule has 5 heteroatoms. The van der Waals surface area contributed by atoms with E-state index in [1.165, 1.54) is 0 Å². The van der Waals surface area contributed by atoms with Gasteiger partial charge in [-0.25, -0.2) is 0 Å². The summed E-state index contributed by atoms with van der Waals surface area (Å²) in [7, 11) is 0. The summed E-state index contributed by atoms with van der Waals surface area (Å²) < 4.78 is 15.6. The summed E-state index contributed by atoms with van der Waals surface area (Å²) in [6, 6.07) is 42.9. The van der Waals surface area contributed by atoms with Crippen molar-refractivity contribution in [3.05, 3.63) is 139 Å². The number of hydrogen-bond acceptors (Lipinski definition) is 4. The fourth-order valence-corrected chi connectivity index (χ4v) is 6.64. The van der Waals surface area contributed by atoms with Crippen molar-refractivity contribution in [2.45, 2.75) is 6.67 Å². The van der Waals surface area contributed by atoms with Crippen molar-refractivity contribution in [3.8, 4) is 0 Å². The van der Waals surface area contributed by atoms with E-state index in [-0.39, 0.29) is 0 Å². The quantitative estimate of drug-likeness (QED) is 0.208. The molecule has 0 aliphatic carbocycles. The molecule has 9 aromatic rings. The molecule has 3 aromatic heterocycles. The zero-order valence-corrected chi connectivity index (χ0v) is 23.1. The number of fused-ring (bicyclic) bond motifs is 12. The van der Waals surface area contributed by atoms with Gasteiger partial charge in [0, 0.05) is 43.7 Å². The molecule has 0 unspecified atom stereocenters. The predicted octanol–water partition coefficient (Wildman–Crippen LogP) is 10.1. The highest BCUT2D eigenvalue weighted by molar-refractivity contribution is 6.37. The second-order valence-electron chi connectivity index (χ2n) is 10.9. The van der Waals surface area contributed by atoms with Gasteiger partial charge in [-0.05, 0) is 24.3 Å². The molecule has 5 nitrogen and oxygen atoms in total. The molecule has 3 heterocycles. The van der Waals surface area contributed by atoms with Gasteiger partial charge in [-0.2, -0.15) is 0 Å². The number of nitrogens with one attached hydrogen (secondary N) is 2. The average Bonchev–Trinajstić information content (AvgIpc) is 3.73. The van der Waals surface area contributed by atoms with E-state index in [1.54, 1.807) is 0 Å². The molecular weight excluding hydrogens is 530 g/mol. The number of furan rings is 2. The van der Waals surface area contributed by atoms with E-state index in [0.29, 0.717) is 12.4 Å². The predicted molar refractivity (Wildman–Crippen MR) is 176 cm³/mol. The Kier molecular flexibility index (Phi) is 5.05. The summed E-state index contributed by atoms with van der Waals surface area (Å²) in [5.74, 6) is 0. The first-order valence-electron chi connectivity index (χ1n) is 14.4. The Hall–Kier alpha value is -5.81. The molecule has 0 amide bonds. The molecule has 2 N–H and O–H groups in total. The zero-order chi connectivity index (χ0) is 28.5. The lowest BCUT2D eigenvalue weighted by Crippen LogP contribution is -2.12. The Morgan fingerprint density at radius 3 is 1.98 bits per heavy atom. The van der Waals surface area contributed by atoms with Crippen LogP contribution in [0.4, 0.5) is 5.69 Å². The van der Waals surface area contributed by atoms with Gasteiger partial charge in [-0.1, -0.05) is 103 Å². The monoisotopic (exact) mass is 555 g/mol.